The van der Waals surface area contributed by atoms with E-state index < -0.39 is 0 Å². The van der Waals surface area contributed by atoms with Crippen LogP contribution in [0.2, 0.25) is 0 Å². The Labute approximate surface area is 103 Å². The molecule has 1 aromatic rings. The summed E-state index contributed by atoms with van der Waals surface area (Å²) in [5.41, 5.74) is 5.96. The average Bonchev–Trinajstić information content (AvgIpc) is 2.73. The van der Waals surface area contributed by atoms with Crippen molar-refractivity contribution in [2.75, 3.05) is 13.1 Å². The zero-order chi connectivity index (χ0) is 12.8. The Balaban J connectivity index is 2.78. The van der Waals surface area contributed by atoms with E-state index in [2.05, 4.69) is 11.9 Å². The topological polar surface area (TPSA) is 64.2 Å². The molecule has 1 rings (SSSR count). The van der Waals surface area contributed by atoms with E-state index in [1.165, 1.54) is 0 Å². The number of amides is 1. The van der Waals surface area contributed by atoms with Gasteiger partial charge in [0.2, 0.25) is 0 Å². The molecule has 0 atom stereocenters. The van der Waals surface area contributed by atoms with Crippen molar-refractivity contribution in [3.8, 4) is 0 Å². The molecule has 17 heavy (non-hydrogen) atoms. The van der Waals surface area contributed by atoms with Crippen molar-refractivity contribution in [3.63, 3.8) is 0 Å². The molecule has 0 aromatic carbocycles. The first-order valence-corrected chi connectivity index (χ1v) is 6.13. The van der Waals surface area contributed by atoms with Gasteiger partial charge in [-0.15, -0.1) is 0 Å². The van der Waals surface area contributed by atoms with E-state index in [0.717, 1.165) is 13.0 Å². The third kappa shape index (κ3) is 3.56. The van der Waals surface area contributed by atoms with Gasteiger partial charge in [-0.3, -0.25) is 4.79 Å². The minimum Gasteiger partial charge on any atom is -0.335 e. The molecule has 0 saturated carbocycles. The summed E-state index contributed by atoms with van der Waals surface area (Å²) in [6.45, 7) is 8.10. The molecule has 0 unspecified atom stereocenters. The Kier molecular flexibility index (Phi) is 5.15. The fourth-order valence-corrected chi connectivity index (χ4v) is 1.72. The SMILES string of the molecule is CCCN(C(=O)c1cn(CCN)cn1)C(C)C. The maximum Gasteiger partial charge on any atom is 0.274 e. The predicted molar refractivity (Wildman–Crippen MR) is 67.7 cm³/mol. The van der Waals surface area contributed by atoms with Crippen molar-refractivity contribution in [1.29, 1.82) is 0 Å². The third-order valence-corrected chi connectivity index (χ3v) is 2.59. The highest BCUT2D eigenvalue weighted by Crippen LogP contribution is 2.07. The summed E-state index contributed by atoms with van der Waals surface area (Å²) >= 11 is 0. The highest BCUT2D eigenvalue weighted by atomic mass is 16.2. The van der Waals surface area contributed by atoms with E-state index in [9.17, 15) is 4.79 Å². The molecule has 1 amide bonds. The summed E-state index contributed by atoms with van der Waals surface area (Å²) < 4.78 is 1.84. The normalized spacial score (nSPS) is 10.9. The number of rotatable bonds is 6. The van der Waals surface area contributed by atoms with Crippen molar-refractivity contribution in [2.45, 2.75) is 39.8 Å². The highest BCUT2D eigenvalue weighted by Gasteiger charge is 2.19. The summed E-state index contributed by atoms with van der Waals surface area (Å²) in [4.78, 5) is 18.2. The lowest BCUT2D eigenvalue weighted by molar-refractivity contribution is 0.0700. The second kappa shape index (κ2) is 6.39. The van der Waals surface area contributed by atoms with Gasteiger partial charge in [0.05, 0.1) is 6.33 Å². The Bertz CT molecular complexity index is 359. The summed E-state index contributed by atoms with van der Waals surface area (Å²) in [6.07, 6.45) is 4.37. The highest BCUT2D eigenvalue weighted by molar-refractivity contribution is 5.92. The Morgan fingerprint density at radius 2 is 2.29 bits per heavy atom. The van der Waals surface area contributed by atoms with Crippen LogP contribution in [0.25, 0.3) is 0 Å². The second-order valence-corrected chi connectivity index (χ2v) is 4.38. The monoisotopic (exact) mass is 238 g/mol. The van der Waals surface area contributed by atoms with Gasteiger partial charge in [-0.05, 0) is 20.3 Å². The molecule has 0 radical (unpaired) electrons. The molecule has 96 valence electrons. The van der Waals surface area contributed by atoms with Gasteiger partial charge in [0, 0.05) is 31.9 Å². The van der Waals surface area contributed by atoms with Crippen molar-refractivity contribution < 1.29 is 4.79 Å². The van der Waals surface area contributed by atoms with Crippen molar-refractivity contribution in [3.05, 3.63) is 18.2 Å². The molecule has 5 heteroatoms. The maximum absolute atomic E-state index is 12.2. The van der Waals surface area contributed by atoms with Crippen LogP contribution < -0.4 is 5.73 Å². The van der Waals surface area contributed by atoms with Crippen LogP contribution in [-0.4, -0.2) is 39.5 Å². The summed E-state index contributed by atoms with van der Waals surface area (Å²) in [7, 11) is 0. The molecule has 2 N–H and O–H groups in total. The molecule has 5 nitrogen and oxygen atoms in total. The number of hydrogen-bond donors (Lipinski definition) is 1. The molecule has 0 saturated heterocycles. The average molecular weight is 238 g/mol. The Morgan fingerprint density at radius 3 is 2.82 bits per heavy atom. The largest absolute Gasteiger partial charge is 0.335 e. The van der Waals surface area contributed by atoms with Crippen LogP contribution in [0.1, 0.15) is 37.7 Å². The van der Waals surface area contributed by atoms with Crippen molar-refractivity contribution in [1.82, 2.24) is 14.5 Å². The molecule has 0 aliphatic rings. The quantitative estimate of drug-likeness (QED) is 0.807. The molecular weight excluding hydrogens is 216 g/mol. The molecule has 1 heterocycles. The van der Waals surface area contributed by atoms with E-state index in [1.54, 1.807) is 12.5 Å². The van der Waals surface area contributed by atoms with Crippen molar-refractivity contribution >= 4 is 5.91 Å². The fourth-order valence-electron chi connectivity index (χ4n) is 1.72. The van der Waals surface area contributed by atoms with Crippen LogP contribution in [0.15, 0.2) is 12.5 Å². The standard InChI is InChI=1S/C12H22N4O/c1-4-6-16(10(2)3)12(17)11-8-15(7-5-13)9-14-11/h8-10H,4-7,13H2,1-3H3. The fraction of sp³-hybridized carbons (Fsp3) is 0.667. The van der Waals surface area contributed by atoms with E-state index in [0.29, 0.717) is 18.8 Å². The Morgan fingerprint density at radius 1 is 1.59 bits per heavy atom. The van der Waals surface area contributed by atoms with Gasteiger partial charge in [0.1, 0.15) is 5.69 Å². The minimum atomic E-state index is -0.00220. The first-order chi connectivity index (χ1) is 8.10. The molecule has 1 aromatic heterocycles. The van der Waals surface area contributed by atoms with Gasteiger partial charge in [0.15, 0.2) is 0 Å². The van der Waals surface area contributed by atoms with Crippen LogP contribution in [0.4, 0.5) is 0 Å². The van der Waals surface area contributed by atoms with Gasteiger partial charge >= 0.3 is 0 Å². The van der Waals surface area contributed by atoms with Crippen LogP contribution in [-0.2, 0) is 6.54 Å². The molecule has 0 spiro atoms. The van der Waals surface area contributed by atoms with Crippen LogP contribution in [0, 0.1) is 0 Å². The molecular formula is C12H22N4O. The van der Waals surface area contributed by atoms with Crippen molar-refractivity contribution in [2.24, 2.45) is 5.73 Å². The van der Waals surface area contributed by atoms with Crippen LogP contribution >= 0.6 is 0 Å². The van der Waals surface area contributed by atoms with Gasteiger partial charge in [-0.25, -0.2) is 4.98 Å². The maximum atomic E-state index is 12.2. The first-order valence-electron chi connectivity index (χ1n) is 6.13. The number of hydrogen-bond acceptors (Lipinski definition) is 3. The summed E-state index contributed by atoms with van der Waals surface area (Å²) in [5.74, 6) is -0.00220. The third-order valence-electron chi connectivity index (χ3n) is 2.59. The molecule has 0 aliphatic carbocycles. The van der Waals surface area contributed by atoms with E-state index >= 15 is 0 Å². The van der Waals surface area contributed by atoms with Gasteiger partial charge < -0.3 is 15.2 Å². The number of aromatic nitrogens is 2. The van der Waals surface area contributed by atoms with Gasteiger partial charge in [0.25, 0.3) is 5.91 Å². The summed E-state index contributed by atoms with van der Waals surface area (Å²) in [6, 6.07) is 0.196. The number of imidazole rings is 1. The minimum absolute atomic E-state index is 0.00220. The zero-order valence-electron chi connectivity index (χ0n) is 10.9. The van der Waals surface area contributed by atoms with Gasteiger partial charge in [-0.2, -0.15) is 0 Å². The number of nitrogens with zero attached hydrogens (tertiary/aromatic N) is 3. The first kappa shape index (κ1) is 13.7. The molecule has 0 bridgehead atoms. The molecule has 0 fully saturated rings. The lowest BCUT2D eigenvalue weighted by Crippen LogP contribution is -2.37. The summed E-state index contributed by atoms with van der Waals surface area (Å²) in [5, 5.41) is 0. The van der Waals surface area contributed by atoms with E-state index in [1.807, 2.05) is 23.3 Å². The zero-order valence-corrected chi connectivity index (χ0v) is 10.9. The van der Waals surface area contributed by atoms with E-state index in [4.69, 9.17) is 5.73 Å². The predicted octanol–water partition coefficient (Wildman–Crippen LogP) is 1.10. The van der Waals surface area contributed by atoms with Gasteiger partial charge in [-0.1, -0.05) is 6.92 Å². The lowest BCUT2D eigenvalue weighted by Gasteiger charge is -2.25. The number of nitrogens with two attached hydrogens (primary N) is 1. The van der Waals surface area contributed by atoms with Crippen LogP contribution in [0.3, 0.4) is 0 Å². The lowest BCUT2D eigenvalue weighted by atomic mass is 10.2. The second-order valence-electron chi connectivity index (χ2n) is 4.38. The number of carbonyl (C=O) groups is 1. The van der Waals surface area contributed by atoms with Crippen LogP contribution in [0.5, 0.6) is 0 Å². The van der Waals surface area contributed by atoms with E-state index in [-0.39, 0.29) is 11.9 Å². The Hall–Kier alpha value is -1.36. The number of carbonyl (C=O) groups excluding carboxylic acids is 1. The smallest absolute Gasteiger partial charge is 0.274 e. The molecule has 0 aliphatic heterocycles.